The van der Waals surface area contributed by atoms with E-state index in [0.29, 0.717) is 11.7 Å². The highest BCUT2D eigenvalue weighted by atomic mass is 16.7. The number of hydrogen-bond acceptors (Lipinski definition) is 5. The van der Waals surface area contributed by atoms with Gasteiger partial charge < -0.3 is 19.4 Å². The van der Waals surface area contributed by atoms with Crippen LogP contribution >= 0.6 is 0 Å². The molecule has 1 N–H and O–H groups in total. The number of rotatable bonds is 4. The van der Waals surface area contributed by atoms with Crippen LogP contribution in [0.5, 0.6) is 11.5 Å². The maximum Gasteiger partial charge on any atom is 0.244 e. The molecule has 1 aromatic heterocycles. The monoisotopic (exact) mass is 354 g/mol. The van der Waals surface area contributed by atoms with E-state index < -0.39 is 0 Å². The van der Waals surface area contributed by atoms with Gasteiger partial charge in [0.15, 0.2) is 11.5 Å². The van der Waals surface area contributed by atoms with Crippen LogP contribution in [0, 0.1) is 0 Å². The van der Waals surface area contributed by atoms with Crippen molar-refractivity contribution in [1.29, 1.82) is 0 Å². The molecule has 2 aliphatic rings. The van der Waals surface area contributed by atoms with Crippen LogP contribution in [0.25, 0.3) is 6.08 Å². The van der Waals surface area contributed by atoms with Gasteiger partial charge in [0.25, 0.3) is 0 Å². The third-order valence-corrected chi connectivity index (χ3v) is 4.66. The van der Waals surface area contributed by atoms with Crippen molar-refractivity contribution in [2.45, 2.75) is 45.2 Å². The van der Waals surface area contributed by atoms with E-state index in [-0.39, 0.29) is 18.7 Å². The molecule has 136 valence electrons. The van der Waals surface area contributed by atoms with E-state index in [9.17, 15) is 4.79 Å². The van der Waals surface area contributed by atoms with Gasteiger partial charge in [-0.3, -0.25) is 4.79 Å². The lowest BCUT2D eigenvalue weighted by Gasteiger charge is -2.25. The molecule has 0 bridgehead atoms. The maximum absolute atomic E-state index is 12.3. The second kappa shape index (κ2) is 6.82. The number of fused-ring (bicyclic) bond motifs is 2. The highest BCUT2D eigenvalue weighted by Gasteiger charge is 2.24. The molecule has 1 amide bonds. The summed E-state index contributed by atoms with van der Waals surface area (Å²) in [4.78, 5) is 12.3. The van der Waals surface area contributed by atoms with E-state index in [1.807, 2.05) is 18.2 Å². The van der Waals surface area contributed by atoms with Crippen LogP contribution in [0.4, 0.5) is 0 Å². The second-order valence-corrected chi connectivity index (χ2v) is 6.93. The fraction of sp³-hybridized carbons (Fsp3) is 0.421. The summed E-state index contributed by atoms with van der Waals surface area (Å²) < 4.78 is 12.8. The normalized spacial score (nSPS) is 18.3. The molecule has 0 saturated carbocycles. The average molecular weight is 354 g/mol. The third-order valence-electron chi connectivity index (χ3n) is 4.66. The highest BCUT2D eigenvalue weighted by molar-refractivity contribution is 5.92. The Labute approximate surface area is 152 Å². The van der Waals surface area contributed by atoms with Gasteiger partial charge in [-0.15, -0.1) is 10.2 Å². The first kappa shape index (κ1) is 16.6. The summed E-state index contributed by atoms with van der Waals surface area (Å²) in [6, 6.07) is 5.70. The van der Waals surface area contributed by atoms with Gasteiger partial charge in [0, 0.05) is 31.0 Å². The van der Waals surface area contributed by atoms with E-state index in [2.05, 4.69) is 33.9 Å². The number of aromatic nitrogens is 3. The van der Waals surface area contributed by atoms with Gasteiger partial charge in [-0.2, -0.15) is 0 Å². The van der Waals surface area contributed by atoms with E-state index in [1.165, 1.54) is 0 Å². The molecule has 3 heterocycles. The summed E-state index contributed by atoms with van der Waals surface area (Å²) in [7, 11) is 0. The molecule has 0 spiro atoms. The van der Waals surface area contributed by atoms with Gasteiger partial charge in [-0.25, -0.2) is 0 Å². The summed E-state index contributed by atoms with van der Waals surface area (Å²) in [6.45, 7) is 5.18. The first-order valence-corrected chi connectivity index (χ1v) is 8.90. The number of benzene rings is 1. The van der Waals surface area contributed by atoms with Crippen molar-refractivity contribution in [2.75, 3.05) is 6.79 Å². The zero-order chi connectivity index (χ0) is 18.1. The lowest BCUT2D eigenvalue weighted by Crippen LogP contribution is -2.40. The Morgan fingerprint density at radius 3 is 3.00 bits per heavy atom. The van der Waals surface area contributed by atoms with Crippen molar-refractivity contribution in [1.82, 2.24) is 20.1 Å². The van der Waals surface area contributed by atoms with Gasteiger partial charge >= 0.3 is 0 Å². The molecule has 4 rings (SSSR count). The fourth-order valence-electron chi connectivity index (χ4n) is 3.33. The molecule has 0 fully saturated rings. The molecule has 1 atom stereocenters. The van der Waals surface area contributed by atoms with Crippen molar-refractivity contribution >= 4 is 12.0 Å². The number of aryl methyl sites for hydroxylation is 1. The van der Waals surface area contributed by atoms with Crippen LogP contribution in [0.15, 0.2) is 24.3 Å². The van der Waals surface area contributed by atoms with Crippen molar-refractivity contribution in [2.24, 2.45) is 0 Å². The predicted molar refractivity (Wildman–Crippen MR) is 96.0 cm³/mol. The van der Waals surface area contributed by atoms with Gasteiger partial charge in [0.1, 0.15) is 11.6 Å². The topological polar surface area (TPSA) is 78.3 Å². The van der Waals surface area contributed by atoms with Gasteiger partial charge in [0.2, 0.25) is 12.7 Å². The predicted octanol–water partition coefficient (Wildman–Crippen LogP) is 2.27. The van der Waals surface area contributed by atoms with E-state index in [1.54, 1.807) is 12.2 Å². The lowest BCUT2D eigenvalue weighted by molar-refractivity contribution is -0.117. The number of hydrogen-bond donors (Lipinski definition) is 1. The number of amides is 1. The molecule has 0 saturated heterocycles. The number of nitrogens with one attached hydrogen (secondary N) is 1. The lowest BCUT2D eigenvalue weighted by atomic mass is 10.1. The fourth-order valence-corrected chi connectivity index (χ4v) is 3.33. The minimum atomic E-state index is -0.102. The van der Waals surface area contributed by atoms with Gasteiger partial charge in [0.05, 0.1) is 0 Å². The Kier molecular flexibility index (Phi) is 4.36. The van der Waals surface area contributed by atoms with Gasteiger partial charge in [-0.05, 0) is 30.2 Å². The average Bonchev–Trinajstić information content (AvgIpc) is 3.25. The summed E-state index contributed by atoms with van der Waals surface area (Å²) in [5.41, 5.74) is 0.899. The largest absolute Gasteiger partial charge is 0.454 e. The molecule has 7 nitrogen and oxygen atoms in total. The molecule has 1 aromatic carbocycles. The van der Waals surface area contributed by atoms with Crippen molar-refractivity contribution < 1.29 is 14.3 Å². The molecule has 2 aliphatic heterocycles. The second-order valence-electron chi connectivity index (χ2n) is 6.93. The quantitative estimate of drug-likeness (QED) is 0.852. The smallest absolute Gasteiger partial charge is 0.244 e. The molecule has 26 heavy (non-hydrogen) atoms. The van der Waals surface area contributed by atoms with E-state index >= 15 is 0 Å². The maximum atomic E-state index is 12.3. The zero-order valence-corrected chi connectivity index (χ0v) is 14.9. The van der Waals surface area contributed by atoms with Crippen LogP contribution < -0.4 is 14.8 Å². The molecule has 0 aliphatic carbocycles. The summed E-state index contributed by atoms with van der Waals surface area (Å²) in [5, 5.41) is 11.6. The first-order chi connectivity index (χ1) is 12.6. The Balaban J connectivity index is 1.38. The zero-order valence-electron chi connectivity index (χ0n) is 14.9. The van der Waals surface area contributed by atoms with Crippen LogP contribution in [0.3, 0.4) is 0 Å². The minimum Gasteiger partial charge on any atom is -0.454 e. The molecule has 0 unspecified atom stereocenters. The Morgan fingerprint density at radius 2 is 2.15 bits per heavy atom. The number of ether oxygens (including phenoxy) is 2. The molecule has 0 radical (unpaired) electrons. The highest BCUT2D eigenvalue weighted by Crippen LogP contribution is 2.32. The number of carbonyl (C=O) groups is 1. The SMILES string of the molecule is CC(C)c1nnc2n1C[C@H](NC(=O)/C=C/c1ccc3c(c1)OCO3)CC2. The van der Waals surface area contributed by atoms with Crippen LogP contribution in [0.2, 0.25) is 0 Å². The molecular weight excluding hydrogens is 332 g/mol. The summed E-state index contributed by atoms with van der Waals surface area (Å²) in [5.74, 6) is 3.65. The van der Waals surface area contributed by atoms with E-state index in [0.717, 1.165) is 42.3 Å². The Hall–Kier alpha value is -2.83. The van der Waals surface area contributed by atoms with Crippen molar-refractivity contribution in [3.63, 3.8) is 0 Å². The van der Waals surface area contributed by atoms with Crippen LogP contribution in [-0.2, 0) is 17.8 Å². The standard InChI is InChI=1S/C19H22N4O3/c1-12(2)19-22-21-17-7-5-14(10-23(17)19)20-18(24)8-4-13-3-6-15-16(9-13)26-11-25-15/h3-4,6,8-9,12,14H,5,7,10-11H2,1-2H3,(H,20,24)/b8-4+/t14-/m1/s1. The molecule has 7 heteroatoms. The minimum absolute atomic E-state index is 0.0879. The van der Waals surface area contributed by atoms with Crippen molar-refractivity contribution in [3.8, 4) is 11.5 Å². The van der Waals surface area contributed by atoms with Crippen molar-refractivity contribution in [3.05, 3.63) is 41.5 Å². The Bertz CT molecular complexity index is 856. The molecular formula is C19H22N4O3. The van der Waals surface area contributed by atoms with E-state index in [4.69, 9.17) is 9.47 Å². The van der Waals surface area contributed by atoms with Crippen LogP contribution in [0.1, 0.15) is 43.4 Å². The van der Waals surface area contributed by atoms with Gasteiger partial charge in [-0.1, -0.05) is 19.9 Å². The molecule has 2 aromatic rings. The number of nitrogens with zero attached hydrogens (tertiary/aromatic N) is 3. The number of carbonyl (C=O) groups excluding carboxylic acids is 1. The third kappa shape index (κ3) is 3.29. The Morgan fingerprint density at radius 1 is 1.31 bits per heavy atom. The summed E-state index contributed by atoms with van der Waals surface area (Å²) >= 11 is 0. The van der Waals surface area contributed by atoms with Crippen LogP contribution in [-0.4, -0.2) is 33.5 Å². The first-order valence-electron chi connectivity index (χ1n) is 8.90. The summed E-state index contributed by atoms with van der Waals surface area (Å²) in [6.07, 6.45) is 5.04.